The van der Waals surface area contributed by atoms with E-state index in [2.05, 4.69) is 33.6 Å². The minimum Gasteiger partial charge on any atom is -0.478 e. The van der Waals surface area contributed by atoms with Crippen LogP contribution < -0.4 is 0 Å². The minimum atomic E-state index is -0.830. The van der Waals surface area contributed by atoms with Gasteiger partial charge < -0.3 is 5.11 Å². The van der Waals surface area contributed by atoms with Gasteiger partial charge in [-0.25, -0.2) is 4.79 Å². The predicted octanol–water partition coefficient (Wildman–Crippen LogP) is 4.82. The molecule has 1 N–H and O–H groups in total. The highest BCUT2D eigenvalue weighted by Crippen LogP contribution is 2.23. The van der Waals surface area contributed by atoms with Gasteiger partial charge in [-0.05, 0) is 18.8 Å². The topological polar surface area (TPSA) is 37.3 Å². The van der Waals surface area contributed by atoms with Crippen LogP contribution >= 0.6 is 0 Å². The van der Waals surface area contributed by atoms with Crippen molar-refractivity contribution in [2.24, 2.45) is 5.92 Å². The Morgan fingerprint density at radius 2 is 1.65 bits per heavy atom. The van der Waals surface area contributed by atoms with Gasteiger partial charge >= 0.3 is 5.97 Å². The molecule has 0 aromatic carbocycles. The molecule has 0 fully saturated rings. The third kappa shape index (κ3) is 9.86. The highest BCUT2D eigenvalue weighted by Gasteiger charge is 2.16. The zero-order chi connectivity index (χ0) is 13.7. The van der Waals surface area contributed by atoms with E-state index in [1.165, 1.54) is 19.3 Å². The zero-order valence-corrected chi connectivity index (χ0v) is 11.5. The lowest BCUT2D eigenvalue weighted by Crippen LogP contribution is -2.11. The van der Waals surface area contributed by atoms with Crippen molar-refractivity contribution in [3.63, 3.8) is 0 Å². The summed E-state index contributed by atoms with van der Waals surface area (Å²) in [7, 11) is 0. The van der Waals surface area contributed by atoms with Crippen LogP contribution in [0.15, 0.2) is 25.3 Å². The molecule has 0 aliphatic carbocycles. The molecule has 100 valence electrons. The number of carboxylic acid groups (broad SMARTS) is 1. The molecule has 0 bridgehead atoms. The van der Waals surface area contributed by atoms with Gasteiger partial charge in [0.2, 0.25) is 0 Å². The first-order valence-electron chi connectivity index (χ1n) is 6.55. The lowest BCUT2D eigenvalue weighted by molar-refractivity contribution is -0.133. The van der Waals surface area contributed by atoms with Crippen LogP contribution in [0.3, 0.4) is 0 Å². The summed E-state index contributed by atoms with van der Waals surface area (Å²) in [5.41, 5.74) is 0.397. The second kappa shape index (κ2) is 13.0. The van der Waals surface area contributed by atoms with Gasteiger partial charge in [0.05, 0.1) is 0 Å². The van der Waals surface area contributed by atoms with Crippen LogP contribution in [0.2, 0.25) is 0 Å². The van der Waals surface area contributed by atoms with Gasteiger partial charge in [0.15, 0.2) is 0 Å². The summed E-state index contributed by atoms with van der Waals surface area (Å²) < 4.78 is 0. The number of carboxylic acids is 1. The fourth-order valence-corrected chi connectivity index (χ4v) is 1.83. The second-order valence-corrected chi connectivity index (χ2v) is 4.17. The molecule has 2 heteroatoms. The van der Waals surface area contributed by atoms with Crippen molar-refractivity contribution in [1.29, 1.82) is 0 Å². The molecule has 17 heavy (non-hydrogen) atoms. The van der Waals surface area contributed by atoms with Crippen molar-refractivity contribution in [3.8, 4) is 0 Å². The van der Waals surface area contributed by atoms with E-state index in [1.54, 1.807) is 0 Å². The first-order chi connectivity index (χ1) is 8.13. The largest absolute Gasteiger partial charge is 0.478 e. The van der Waals surface area contributed by atoms with Gasteiger partial charge in [-0.15, -0.1) is 13.2 Å². The van der Waals surface area contributed by atoms with E-state index in [4.69, 9.17) is 5.11 Å². The fraction of sp³-hybridized carbons (Fsp3) is 0.667. The quantitative estimate of drug-likeness (QED) is 0.356. The summed E-state index contributed by atoms with van der Waals surface area (Å²) in [5.74, 6) is -0.645. The minimum absolute atomic E-state index is 0.185. The third-order valence-electron chi connectivity index (χ3n) is 2.81. The average Bonchev–Trinajstić information content (AvgIpc) is 2.34. The first-order valence-corrected chi connectivity index (χ1v) is 6.55. The van der Waals surface area contributed by atoms with E-state index in [-0.39, 0.29) is 5.92 Å². The standard InChI is InChI=1S/C13H24O2.C2H4/c1-4-6-7-8-10-12(9-5-2)11(3)13(14)15;1-2/h12H,3-10H2,1-2H3,(H,14,15);1-2H2. The maximum Gasteiger partial charge on any atom is 0.331 e. The average molecular weight is 240 g/mol. The molecule has 0 heterocycles. The van der Waals surface area contributed by atoms with Crippen LogP contribution in [0, 0.1) is 5.92 Å². The van der Waals surface area contributed by atoms with E-state index < -0.39 is 5.97 Å². The van der Waals surface area contributed by atoms with Crippen molar-refractivity contribution in [1.82, 2.24) is 0 Å². The molecule has 0 aliphatic heterocycles. The van der Waals surface area contributed by atoms with Crippen molar-refractivity contribution in [3.05, 3.63) is 25.3 Å². The van der Waals surface area contributed by atoms with Crippen LogP contribution in [-0.4, -0.2) is 11.1 Å². The molecular formula is C15H28O2. The fourth-order valence-electron chi connectivity index (χ4n) is 1.83. The number of aliphatic carboxylic acids is 1. The predicted molar refractivity (Wildman–Crippen MR) is 75.2 cm³/mol. The number of rotatable bonds is 9. The molecule has 0 aromatic rings. The van der Waals surface area contributed by atoms with Gasteiger partial charge in [-0.3, -0.25) is 0 Å². The summed E-state index contributed by atoms with van der Waals surface area (Å²) in [4.78, 5) is 10.8. The normalized spacial score (nSPS) is 11.2. The molecule has 0 aromatic heterocycles. The summed E-state index contributed by atoms with van der Waals surface area (Å²) in [6.07, 6.45) is 7.78. The Labute approximate surface area is 106 Å². The Morgan fingerprint density at radius 1 is 1.06 bits per heavy atom. The maximum atomic E-state index is 10.8. The molecule has 1 unspecified atom stereocenters. The van der Waals surface area contributed by atoms with Crippen molar-refractivity contribution in [2.45, 2.75) is 58.8 Å². The molecule has 0 radical (unpaired) electrons. The Balaban J connectivity index is 0. The molecule has 1 atom stereocenters. The summed E-state index contributed by atoms with van der Waals surface area (Å²) in [6, 6.07) is 0. The van der Waals surface area contributed by atoms with E-state index in [1.807, 2.05) is 0 Å². The van der Waals surface area contributed by atoms with Crippen LogP contribution in [0.5, 0.6) is 0 Å². The molecule has 0 rings (SSSR count). The Hall–Kier alpha value is -1.05. The highest BCUT2D eigenvalue weighted by molar-refractivity contribution is 5.86. The van der Waals surface area contributed by atoms with Crippen LogP contribution in [-0.2, 0) is 4.79 Å². The lowest BCUT2D eigenvalue weighted by atomic mass is 9.90. The Kier molecular flexibility index (Phi) is 14.0. The third-order valence-corrected chi connectivity index (χ3v) is 2.81. The Bertz CT molecular complexity index is 209. The monoisotopic (exact) mass is 240 g/mol. The number of hydrogen-bond acceptors (Lipinski definition) is 1. The molecule has 0 saturated carbocycles. The Morgan fingerprint density at radius 3 is 2.06 bits per heavy atom. The number of unbranched alkanes of at least 4 members (excludes halogenated alkanes) is 3. The number of carbonyl (C=O) groups is 1. The zero-order valence-electron chi connectivity index (χ0n) is 11.5. The van der Waals surface area contributed by atoms with Gasteiger partial charge in [0.25, 0.3) is 0 Å². The van der Waals surface area contributed by atoms with Crippen LogP contribution in [0.25, 0.3) is 0 Å². The van der Waals surface area contributed by atoms with Crippen LogP contribution in [0.1, 0.15) is 58.8 Å². The molecule has 0 amide bonds. The van der Waals surface area contributed by atoms with Crippen LogP contribution in [0.4, 0.5) is 0 Å². The van der Waals surface area contributed by atoms with Crippen molar-refractivity contribution < 1.29 is 9.90 Å². The number of hydrogen-bond donors (Lipinski definition) is 1. The smallest absolute Gasteiger partial charge is 0.331 e. The van der Waals surface area contributed by atoms with Gasteiger partial charge in [0, 0.05) is 5.57 Å². The SMILES string of the molecule is C=C.C=C(C(=O)O)C(CCC)CCCCCC. The first kappa shape index (κ1) is 18.3. The van der Waals surface area contributed by atoms with Gasteiger partial charge in [-0.2, -0.15) is 0 Å². The second-order valence-electron chi connectivity index (χ2n) is 4.17. The maximum absolute atomic E-state index is 10.8. The van der Waals surface area contributed by atoms with Crippen molar-refractivity contribution in [2.75, 3.05) is 0 Å². The van der Waals surface area contributed by atoms with E-state index in [9.17, 15) is 4.79 Å². The summed E-state index contributed by atoms with van der Waals surface area (Å²) in [5, 5.41) is 8.88. The lowest BCUT2D eigenvalue weighted by Gasteiger charge is -2.15. The molecule has 0 spiro atoms. The van der Waals surface area contributed by atoms with Crippen molar-refractivity contribution >= 4 is 5.97 Å². The highest BCUT2D eigenvalue weighted by atomic mass is 16.4. The molecule has 2 nitrogen and oxygen atoms in total. The molecular weight excluding hydrogens is 212 g/mol. The molecule has 0 saturated heterocycles. The molecule has 0 aliphatic rings. The van der Waals surface area contributed by atoms with Gasteiger partial charge in [-0.1, -0.05) is 52.5 Å². The van der Waals surface area contributed by atoms with Gasteiger partial charge in [0.1, 0.15) is 0 Å². The van der Waals surface area contributed by atoms with E-state index in [0.717, 1.165) is 25.7 Å². The van der Waals surface area contributed by atoms with E-state index in [0.29, 0.717) is 5.57 Å². The van der Waals surface area contributed by atoms with E-state index >= 15 is 0 Å². The summed E-state index contributed by atoms with van der Waals surface area (Å²) >= 11 is 0. The summed E-state index contributed by atoms with van der Waals surface area (Å²) in [6.45, 7) is 13.9.